The van der Waals surface area contributed by atoms with Crippen molar-refractivity contribution >= 4 is 29.1 Å². The van der Waals surface area contributed by atoms with Gasteiger partial charge in [0.25, 0.3) is 0 Å². The number of aryl methyl sites for hydroxylation is 1. The fourth-order valence-corrected chi connectivity index (χ4v) is 5.90. The molecule has 1 saturated carbocycles. The van der Waals surface area contributed by atoms with Crippen molar-refractivity contribution in [2.75, 3.05) is 6.54 Å². The molecule has 1 saturated heterocycles. The first-order chi connectivity index (χ1) is 18.4. The molecule has 0 unspecified atom stereocenters. The third-order valence-corrected chi connectivity index (χ3v) is 8.74. The molecule has 1 aliphatic carbocycles. The van der Waals surface area contributed by atoms with Gasteiger partial charge in [-0.25, -0.2) is 4.98 Å². The molecule has 3 amide bonds. The molecule has 4 rings (SSSR count). The molecule has 0 radical (unpaired) electrons. The first-order valence-electron chi connectivity index (χ1n) is 13.5. The maximum absolute atomic E-state index is 13.8. The lowest BCUT2D eigenvalue weighted by molar-refractivity contribution is -0.144. The largest absolute Gasteiger partial charge is 0.391 e. The van der Waals surface area contributed by atoms with E-state index in [1.54, 1.807) is 11.3 Å². The van der Waals surface area contributed by atoms with Crippen LogP contribution in [0, 0.1) is 30.1 Å². The average molecular weight is 551 g/mol. The molecule has 0 bridgehead atoms. The summed E-state index contributed by atoms with van der Waals surface area (Å²) in [4.78, 5) is 47.1. The monoisotopic (exact) mass is 550 g/mol. The standard InChI is InChI=1S/C30H38N4O4S/c1-7-22(19-9-11-20(12-10-19)24-18(3)31-17-39-24)32-26(36)23-15-21(35)16-34(23)27(37)25(29(4,5)6)33-28(38)30(8-2)13-14-30/h2,9-12,17,21-23,25,35H,7,13-16H2,1,3-6H3,(H,32,36)(H,33,38)/t21-,22+,23+,25-/m1/s1. The van der Waals surface area contributed by atoms with Gasteiger partial charge in [0, 0.05) is 13.0 Å². The highest BCUT2D eigenvalue weighted by atomic mass is 32.1. The van der Waals surface area contributed by atoms with Crippen LogP contribution in [-0.4, -0.2) is 57.4 Å². The van der Waals surface area contributed by atoms with E-state index in [1.807, 2.05) is 64.4 Å². The summed E-state index contributed by atoms with van der Waals surface area (Å²) in [7, 11) is 0. The second kappa shape index (κ2) is 11.1. The van der Waals surface area contributed by atoms with Gasteiger partial charge in [0.2, 0.25) is 17.7 Å². The molecule has 2 aliphatic rings. The van der Waals surface area contributed by atoms with E-state index in [-0.39, 0.29) is 30.8 Å². The number of carbonyl (C=O) groups excluding carboxylic acids is 3. The van der Waals surface area contributed by atoms with Crippen LogP contribution in [0.15, 0.2) is 29.8 Å². The average Bonchev–Trinajstić information content (AvgIpc) is 3.44. The minimum Gasteiger partial charge on any atom is -0.391 e. The first-order valence-corrected chi connectivity index (χ1v) is 14.4. The summed E-state index contributed by atoms with van der Waals surface area (Å²) in [6.07, 6.45) is 6.73. The van der Waals surface area contributed by atoms with Crippen molar-refractivity contribution in [2.45, 2.75) is 84.5 Å². The van der Waals surface area contributed by atoms with Crippen molar-refractivity contribution < 1.29 is 19.5 Å². The van der Waals surface area contributed by atoms with Gasteiger partial charge < -0.3 is 20.6 Å². The SMILES string of the molecule is C#CC1(C(=O)N[C@H](C(=O)N2C[C@H](O)C[C@H]2C(=O)N[C@@H](CC)c2ccc(-c3scnc3C)cc2)C(C)(C)C)CC1. The minimum atomic E-state index is -0.888. The summed E-state index contributed by atoms with van der Waals surface area (Å²) in [6, 6.07) is 6.07. The predicted molar refractivity (Wildman–Crippen MR) is 151 cm³/mol. The molecule has 2 heterocycles. The molecule has 39 heavy (non-hydrogen) atoms. The molecule has 2 aromatic rings. The van der Waals surface area contributed by atoms with Gasteiger partial charge in [0.05, 0.1) is 28.2 Å². The number of aliphatic hydroxyl groups is 1. The number of likely N-dealkylation sites (tertiary alicyclic amines) is 1. The Kier molecular flexibility index (Phi) is 8.20. The maximum atomic E-state index is 13.8. The third-order valence-electron chi connectivity index (χ3n) is 7.76. The van der Waals surface area contributed by atoms with Gasteiger partial charge in [-0.05, 0) is 42.7 Å². The smallest absolute Gasteiger partial charge is 0.246 e. The Bertz CT molecular complexity index is 1270. The number of aliphatic hydroxyl groups excluding tert-OH is 1. The fraction of sp³-hybridized carbons (Fsp3) is 0.533. The van der Waals surface area contributed by atoms with E-state index < -0.39 is 34.9 Å². The summed E-state index contributed by atoms with van der Waals surface area (Å²) in [5.74, 6) is 1.52. The first kappa shape index (κ1) is 28.8. The fourth-order valence-electron chi connectivity index (χ4n) is 5.09. The van der Waals surface area contributed by atoms with Crippen molar-refractivity contribution in [1.29, 1.82) is 0 Å². The van der Waals surface area contributed by atoms with Crippen LogP contribution < -0.4 is 10.6 Å². The lowest BCUT2D eigenvalue weighted by Crippen LogP contribution is -2.58. The number of carbonyl (C=O) groups is 3. The number of β-amino-alcohol motifs (C(OH)–C–C–N with tert-alkyl or cyclic N) is 1. The van der Waals surface area contributed by atoms with Gasteiger partial charge in [0.15, 0.2) is 0 Å². The van der Waals surface area contributed by atoms with Crippen LogP contribution in [0.25, 0.3) is 10.4 Å². The van der Waals surface area contributed by atoms with Crippen molar-refractivity contribution in [1.82, 2.24) is 20.5 Å². The van der Waals surface area contributed by atoms with Gasteiger partial charge in [-0.3, -0.25) is 14.4 Å². The van der Waals surface area contributed by atoms with E-state index >= 15 is 0 Å². The van der Waals surface area contributed by atoms with E-state index in [2.05, 4.69) is 21.5 Å². The van der Waals surface area contributed by atoms with E-state index in [0.717, 1.165) is 21.7 Å². The third kappa shape index (κ3) is 6.02. The zero-order chi connectivity index (χ0) is 28.5. The molecule has 1 aromatic heterocycles. The van der Waals surface area contributed by atoms with Crippen molar-refractivity contribution in [3.8, 4) is 22.8 Å². The number of terminal acetylenes is 1. The molecular weight excluding hydrogens is 512 g/mol. The summed E-state index contributed by atoms with van der Waals surface area (Å²) in [6.45, 7) is 9.57. The van der Waals surface area contributed by atoms with E-state index in [9.17, 15) is 19.5 Å². The van der Waals surface area contributed by atoms with Crippen LogP contribution in [0.5, 0.6) is 0 Å². The van der Waals surface area contributed by atoms with E-state index in [4.69, 9.17) is 6.42 Å². The normalized spacial score (nSPS) is 21.5. The van der Waals surface area contributed by atoms with E-state index in [0.29, 0.717) is 19.3 Å². The van der Waals surface area contributed by atoms with Crippen molar-refractivity contribution in [2.24, 2.45) is 10.8 Å². The van der Waals surface area contributed by atoms with Crippen molar-refractivity contribution in [3.63, 3.8) is 0 Å². The lowest BCUT2D eigenvalue weighted by atomic mass is 9.85. The predicted octanol–water partition coefficient (Wildman–Crippen LogP) is 3.59. The number of nitrogens with one attached hydrogen (secondary N) is 2. The summed E-state index contributed by atoms with van der Waals surface area (Å²) < 4.78 is 0. The molecule has 4 atom stereocenters. The number of nitrogens with zero attached hydrogens (tertiary/aromatic N) is 2. The summed E-state index contributed by atoms with van der Waals surface area (Å²) in [5, 5.41) is 16.4. The second-order valence-electron chi connectivity index (χ2n) is 11.8. The topological polar surface area (TPSA) is 112 Å². The number of rotatable bonds is 8. The molecule has 1 aliphatic heterocycles. The minimum absolute atomic E-state index is 0.0271. The molecule has 8 nitrogen and oxygen atoms in total. The van der Waals surface area contributed by atoms with Crippen LogP contribution >= 0.6 is 11.3 Å². The number of thiazole rings is 1. The van der Waals surface area contributed by atoms with Crippen LogP contribution in [0.1, 0.15) is 70.7 Å². The lowest BCUT2D eigenvalue weighted by Gasteiger charge is -2.36. The van der Waals surface area contributed by atoms with Gasteiger partial charge in [0.1, 0.15) is 17.5 Å². The van der Waals surface area contributed by atoms with Gasteiger partial charge >= 0.3 is 0 Å². The Morgan fingerprint density at radius 3 is 2.41 bits per heavy atom. The molecule has 1 aromatic carbocycles. The van der Waals surface area contributed by atoms with E-state index in [1.165, 1.54) is 4.90 Å². The molecule has 2 fully saturated rings. The highest BCUT2D eigenvalue weighted by Crippen LogP contribution is 2.45. The number of amides is 3. The van der Waals surface area contributed by atoms with Gasteiger partial charge in [-0.15, -0.1) is 17.8 Å². The zero-order valence-electron chi connectivity index (χ0n) is 23.3. The summed E-state index contributed by atoms with van der Waals surface area (Å²) in [5.41, 5.74) is 3.35. The maximum Gasteiger partial charge on any atom is 0.246 e. The Morgan fingerprint density at radius 2 is 1.90 bits per heavy atom. The molecule has 208 valence electrons. The molecule has 3 N–H and O–H groups in total. The highest BCUT2D eigenvalue weighted by molar-refractivity contribution is 7.13. The molecule has 0 spiro atoms. The molecular formula is C30H38N4O4S. The number of hydrogen-bond acceptors (Lipinski definition) is 6. The quantitative estimate of drug-likeness (QED) is 0.435. The van der Waals surface area contributed by atoms with Crippen LogP contribution in [0.4, 0.5) is 0 Å². The Labute approximate surface area is 234 Å². The Balaban J connectivity index is 1.49. The van der Waals surface area contributed by atoms with Crippen LogP contribution in [-0.2, 0) is 14.4 Å². The Hall–Kier alpha value is -3.22. The Morgan fingerprint density at radius 1 is 1.23 bits per heavy atom. The number of aromatic nitrogens is 1. The number of hydrogen-bond donors (Lipinski definition) is 3. The van der Waals surface area contributed by atoms with Crippen LogP contribution in [0.3, 0.4) is 0 Å². The second-order valence-corrected chi connectivity index (χ2v) is 12.6. The van der Waals surface area contributed by atoms with Crippen molar-refractivity contribution in [3.05, 3.63) is 41.0 Å². The van der Waals surface area contributed by atoms with Gasteiger partial charge in [-0.2, -0.15) is 0 Å². The molecule has 9 heteroatoms. The highest BCUT2D eigenvalue weighted by Gasteiger charge is 2.51. The number of benzene rings is 1. The van der Waals surface area contributed by atoms with Crippen LogP contribution in [0.2, 0.25) is 0 Å². The van der Waals surface area contributed by atoms with Gasteiger partial charge in [-0.1, -0.05) is 57.9 Å². The summed E-state index contributed by atoms with van der Waals surface area (Å²) >= 11 is 1.59. The zero-order valence-corrected chi connectivity index (χ0v) is 24.1.